The molecule has 0 saturated carbocycles. The Morgan fingerprint density at radius 3 is 2.53 bits per heavy atom. The van der Waals surface area contributed by atoms with Crippen LogP contribution in [0.15, 0.2) is 23.1 Å². The number of nitrogens with two attached hydrogens (primary N) is 1. The molecule has 0 saturated heterocycles. The summed E-state index contributed by atoms with van der Waals surface area (Å²) in [6.07, 6.45) is 1.92. The van der Waals surface area contributed by atoms with Crippen LogP contribution in [0, 0.1) is 6.92 Å². The fourth-order valence-corrected chi connectivity index (χ4v) is 1.79. The third-order valence-corrected chi connectivity index (χ3v) is 2.94. The molecule has 17 heavy (non-hydrogen) atoms. The molecule has 0 bridgehead atoms. The van der Waals surface area contributed by atoms with Crippen LogP contribution >= 0.6 is 0 Å². The molecular weight excluding hydrogens is 212 g/mol. The van der Waals surface area contributed by atoms with Gasteiger partial charge in [0.05, 0.1) is 6.54 Å². The molecule has 0 amide bonds. The van der Waals surface area contributed by atoms with Crippen molar-refractivity contribution in [3.63, 3.8) is 0 Å². The van der Waals surface area contributed by atoms with E-state index in [1.165, 1.54) is 0 Å². The van der Waals surface area contributed by atoms with Crippen molar-refractivity contribution in [3.8, 4) is 0 Å². The summed E-state index contributed by atoms with van der Waals surface area (Å²) in [6, 6.07) is 2.05. The lowest BCUT2D eigenvalue weighted by atomic mass is 10.1. The zero-order valence-electron chi connectivity index (χ0n) is 11.4. The molecule has 1 aromatic rings. The smallest absolute Gasteiger partial charge is 0.118 e. The van der Waals surface area contributed by atoms with Crippen LogP contribution in [0.1, 0.15) is 37.9 Å². The van der Waals surface area contributed by atoms with E-state index in [4.69, 9.17) is 10.2 Å². The monoisotopic (exact) mass is 236 g/mol. The van der Waals surface area contributed by atoms with E-state index in [0.717, 1.165) is 30.2 Å². The number of hydrogen-bond donors (Lipinski definition) is 1. The van der Waals surface area contributed by atoms with Crippen LogP contribution < -0.4 is 5.73 Å². The molecule has 96 valence electrons. The number of nitrogens with zero attached hydrogens (tertiary/aromatic N) is 1. The molecule has 0 atom stereocenters. The minimum Gasteiger partial charge on any atom is -0.465 e. The van der Waals surface area contributed by atoms with Gasteiger partial charge >= 0.3 is 0 Å². The van der Waals surface area contributed by atoms with Gasteiger partial charge in [0.2, 0.25) is 0 Å². The Morgan fingerprint density at radius 2 is 2.12 bits per heavy atom. The summed E-state index contributed by atoms with van der Waals surface area (Å²) >= 11 is 0. The van der Waals surface area contributed by atoms with Gasteiger partial charge < -0.3 is 10.2 Å². The first-order valence-corrected chi connectivity index (χ1v) is 6.02. The summed E-state index contributed by atoms with van der Waals surface area (Å²) in [6.45, 7) is 14.5. The summed E-state index contributed by atoms with van der Waals surface area (Å²) in [5.74, 6) is 1.90. The largest absolute Gasteiger partial charge is 0.465 e. The van der Waals surface area contributed by atoms with Crippen LogP contribution in [0.2, 0.25) is 0 Å². The number of hydrogen-bond acceptors (Lipinski definition) is 3. The molecule has 1 rings (SSSR count). The highest BCUT2D eigenvalue weighted by Crippen LogP contribution is 2.20. The molecule has 0 unspecified atom stereocenters. The van der Waals surface area contributed by atoms with Gasteiger partial charge in [-0.25, -0.2) is 0 Å². The third kappa shape index (κ3) is 3.72. The highest BCUT2D eigenvalue weighted by Gasteiger charge is 2.21. The van der Waals surface area contributed by atoms with E-state index in [-0.39, 0.29) is 5.54 Å². The molecule has 1 heterocycles. The van der Waals surface area contributed by atoms with Gasteiger partial charge in [-0.15, -0.1) is 6.58 Å². The Morgan fingerprint density at radius 1 is 1.47 bits per heavy atom. The van der Waals surface area contributed by atoms with Gasteiger partial charge in [0, 0.05) is 24.2 Å². The maximum absolute atomic E-state index is 5.72. The summed E-state index contributed by atoms with van der Waals surface area (Å²) in [5.41, 5.74) is 6.83. The molecule has 0 aliphatic heterocycles. The molecule has 2 N–H and O–H groups in total. The van der Waals surface area contributed by atoms with Gasteiger partial charge in [0.15, 0.2) is 0 Å². The van der Waals surface area contributed by atoms with Gasteiger partial charge in [-0.05, 0) is 33.8 Å². The average molecular weight is 236 g/mol. The Bertz CT molecular complexity index is 374. The molecular formula is C14H24N2O. The van der Waals surface area contributed by atoms with Gasteiger partial charge in [0.1, 0.15) is 11.5 Å². The average Bonchev–Trinajstić information content (AvgIpc) is 2.57. The minimum atomic E-state index is 0.0950. The van der Waals surface area contributed by atoms with Crippen LogP contribution in [0.3, 0.4) is 0 Å². The molecule has 3 heteroatoms. The van der Waals surface area contributed by atoms with Crippen molar-refractivity contribution < 1.29 is 4.42 Å². The normalized spacial score (nSPS) is 12.1. The molecule has 0 aliphatic rings. The summed E-state index contributed by atoms with van der Waals surface area (Å²) in [5, 5.41) is 0. The maximum atomic E-state index is 5.72. The Labute approximate surface area is 104 Å². The van der Waals surface area contributed by atoms with Crippen molar-refractivity contribution in [2.45, 2.75) is 46.3 Å². The zero-order chi connectivity index (χ0) is 13.1. The van der Waals surface area contributed by atoms with Gasteiger partial charge in [0.25, 0.3) is 0 Å². The summed E-state index contributed by atoms with van der Waals surface area (Å²) < 4.78 is 5.72. The molecule has 0 aromatic carbocycles. The Hall–Kier alpha value is -1.06. The fraction of sp³-hybridized carbons (Fsp3) is 0.571. The number of rotatable bonds is 5. The van der Waals surface area contributed by atoms with E-state index in [2.05, 4.69) is 38.3 Å². The summed E-state index contributed by atoms with van der Waals surface area (Å²) in [4.78, 5) is 2.32. The first-order valence-electron chi connectivity index (χ1n) is 6.02. The molecule has 1 aromatic heterocycles. The maximum Gasteiger partial charge on any atom is 0.118 e. The number of aryl methyl sites for hydroxylation is 1. The van der Waals surface area contributed by atoms with E-state index in [9.17, 15) is 0 Å². The van der Waals surface area contributed by atoms with Crippen LogP contribution in [-0.2, 0) is 13.1 Å². The first kappa shape index (κ1) is 14.0. The summed E-state index contributed by atoms with van der Waals surface area (Å²) in [7, 11) is 0. The van der Waals surface area contributed by atoms with Crippen molar-refractivity contribution in [1.29, 1.82) is 0 Å². The molecule has 0 radical (unpaired) electrons. The standard InChI is InChI=1S/C14H24N2O/c1-6-7-16(14(3,4)5)10-13-8-12(9-15)11(2)17-13/h6,8H,1,7,9-10,15H2,2-5H3. The zero-order valence-corrected chi connectivity index (χ0v) is 11.4. The second-order valence-electron chi connectivity index (χ2n) is 5.34. The van der Waals surface area contributed by atoms with Crippen molar-refractivity contribution in [2.24, 2.45) is 5.73 Å². The van der Waals surface area contributed by atoms with Crippen LogP contribution in [0.25, 0.3) is 0 Å². The second-order valence-corrected chi connectivity index (χ2v) is 5.34. The Kier molecular flexibility index (Phi) is 4.54. The lowest BCUT2D eigenvalue weighted by Crippen LogP contribution is -2.40. The lowest BCUT2D eigenvalue weighted by Gasteiger charge is -2.34. The van der Waals surface area contributed by atoms with E-state index in [1.54, 1.807) is 0 Å². The molecule has 0 spiro atoms. The predicted octanol–water partition coefficient (Wildman–Crippen LogP) is 2.83. The number of furan rings is 1. The van der Waals surface area contributed by atoms with Crippen LogP contribution in [0.5, 0.6) is 0 Å². The first-order chi connectivity index (χ1) is 7.88. The molecule has 3 nitrogen and oxygen atoms in total. The van der Waals surface area contributed by atoms with E-state index in [1.807, 2.05) is 13.0 Å². The lowest BCUT2D eigenvalue weighted by molar-refractivity contribution is 0.134. The Balaban J connectivity index is 2.82. The highest BCUT2D eigenvalue weighted by atomic mass is 16.3. The van der Waals surface area contributed by atoms with Gasteiger partial charge in [-0.1, -0.05) is 6.08 Å². The predicted molar refractivity (Wildman–Crippen MR) is 71.7 cm³/mol. The van der Waals surface area contributed by atoms with Crippen LogP contribution in [-0.4, -0.2) is 17.0 Å². The fourth-order valence-electron chi connectivity index (χ4n) is 1.79. The highest BCUT2D eigenvalue weighted by molar-refractivity contribution is 5.20. The van der Waals surface area contributed by atoms with Crippen molar-refractivity contribution >= 4 is 0 Å². The van der Waals surface area contributed by atoms with Gasteiger partial charge in [-0.3, -0.25) is 4.90 Å². The van der Waals surface area contributed by atoms with E-state index < -0.39 is 0 Å². The van der Waals surface area contributed by atoms with Gasteiger partial charge in [-0.2, -0.15) is 0 Å². The minimum absolute atomic E-state index is 0.0950. The van der Waals surface area contributed by atoms with Crippen molar-refractivity contribution in [1.82, 2.24) is 4.90 Å². The molecule has 0 aliphatic carbocycles. The van der Waals surface area contributed by atoms with Crippen molar-refractivity contribution in [2.75, 3.05) is 6.54 Å². The van der Waals surface area contributed by atoms with Crippen molar-refractivity contribution in [3.05, 3.63) is 35.8 Å². The second kappa shape index (κ2) is 5.52. The molecule has 0 fully saturated rings. The quantitative estimate of drug-likeness (QED) is 0.799. The van der Waals surface area contributed by atoms with Crippen LogP contribution in [0.4, 0.5) is 0 Å². The van der Waals surface area contributed by atoms with E-state index >= 15 is 0 Å². The topological polar surface area (TPSA) is 42.4 Å². The van der Waals surface area contributed by atoms with E-state index in [0.29, 0.717) is 6.54 Å². The SMILES string of the molecule is C=CCN(Cc1cc(CN)c(C)o1)C(C)(C)C. The third-order valence-electron chi connectivity index (χ3n) is 2.94.